The minimum absolute atomic E-state index is 0.0930. The molecular weight excluding hydrogens is 359 g/mol. The van der Waals surface area contributed by atoms with Gasteiger partial charge < -0.3 is 15.8 Å². The lowest BCUT2D eigenvalue weighted by Gasteiger charge is -2.25. The van der Waals surface area contributed by atoms with Crippen LogP contribution in [-0.4, -0.2) is 29.0 Å². The molecule has 0 aromatic heterocycles. The number of hydrogen-bond acceptors (Lipinski definition) is 3. The van der Waals surface area contributed by atoms with Crippen molar-refractivity contribution >= 4 is 22.9 Å². The van der Waals surface area contributed by atoms with Gasteiger partial charge in [-0.15, -0.1) is 0 Å². The highest BCUT2D eigenvalue weighted by molar-refractivity contribution is 6.23. The first-order valence-corrected chi connectivity index (χ1v) is 7.64. The minimum atomic E-state index is -4.69. The SMILES string of the molecule is CCC(Nc1cc(F)c(C(=O)O)c(F)c1C(C(C)=N)=C(C)C)C(F)(F)F. The molecule has 1 atom stereocenters. The van der Waals surface area contributed by atoms with E-state index in [-0.39, 0.29) is 11.3 Å². The van der Waals surface area contributed by atoms with Gasteiger partial charge in [0, 0.05) is 22.5 Å². The fraction of sp³-hybridized carbons (Fsp3) is 0.412. The molecule has 0 amide bonds. The van der Waals surface area contributed by atoms with Crippen LogP contribution in [-0.2, 0) is 0 Å². The number of carboxylic acids is 1. The zero-order valence-corrected chi connectivity index (χ0v) is 14.6. The zero-order valence-electron chi connectivity index (χ0n) is 14.6. The van der Waals surface area contributed by atoms with Crippen LogP contribution < -0.4 is 5.32 Å². The Labute approximate surface area is 147 Å². The first-order valence-electron chi connectivity index (χ1n) is 7.64. The Kier molecular flexibility index (Phi) is 6.51. The van der Waals surface area contributed by atoms with Crippen molar-refractivity contribution in [1.29, 1.82) is 5.41 Å². The van der Waals surface area contributed by atoms with Gasteiger partial charge >= 0.3 is 12.1 Å². The lowest BCUT2D eigenvalue weighted by atomic mass is 9.92. The third kappa shape index (κ3) is 4.39. The Balaban J connectivity index is 3.83. The number of carboxylic acid groups (broad SMARTS) is 1. The Morgan fingerprint density at radius 1 is 1.23 bits per heavy atom. The Morgan fingerprint density at radius 2 is 1.77 bits per heavy atom. The molecule has 0 aliphatic carbocycles. The van der Waals surface area contributed by atoms with E-state index in [0.717, 1.165) is 0 Å². The van der Waals surface area contributed by atoms with Crippen molar-refractivity contribution in [3.8, 4) is 0 Å². The number of hydrogen-bond donors (Lipinski definition) is 3. The fourth-order valence-electron chi connectivity index (χ4n) is 2.59. The minimum Gasteiger partial charge on any atom is -0.477 e. The molecule has 0 bridgehead atoms. The number of aromatic carboxylic acids is 1. The summed E-state index contributed by atoms with van der Waals surface area (Å²) >= 11 is 0. The number of nitrogens with one attached hydrogen (secondary N) is 2. The number of rotatable bonds is 6. The largest absolute Gasteiger partial charge is 0.477 e. The van der Waals surface area contributed by atoms with E-state index < -0.39 is 53.1 Å². The van der Waals surface area contributed by atoms with Crippen LogP contribution in [0.5, 0.6) is 0 Å². The molecule has 4 nitrogen and oxygen atoms in total. The number of halogens is 5. The summed E-state index contributed by atoms with van der Waals surface area (Å²) in [6, 6.07) is -1.58. The molecule has 1 aromatic carbocycles. The van der Waals surface area contributed by atoms with E-state index in [0.29, 0.717) is 11.6 Å². The van der Waals surface area contributed by atoms with Crippen LogP contribution in [0.1, 0.15) is 50.0 Å². The van der Waals surface area contributed by atoms with Gasteiger partial charge in [0.1, 0.15) is 17.4 Å². The topological polar surface area (TPSA) is 73.2 Å². The van der Waals surface area contributed by atoms with Gasteiger partial charge in [-0.2, -0.15) is 13.2 Å². The van der Waals surface area contributed by atoms with Gasteiger partial charge in [0.15, 0.2) is 5.82 Å². The maximum absolute atomic E-state index is 14.8. The number of alkyl halides is 3. The molecule has 0 heterocycles. The number of anilines is 1. The summed E-state index contributed by atoms with van der Waals surface area (Å²) in [6.07, 6.45) is -5.10. The van der Waals surface area contributed by atoms with Crippen LogP contribution in [0.15, 0.2) is 11.6 Å². The molecule has 0 saturated carbocycles. The van der Waals surface area contributed by atoms with Gasteiger partial charge in [-0.3, -0.25) is 0 Å². The lowest BCUT2D eigenvalue weighted by Crippen LogP contribution is -2.36. The molecule has 144 valence electrons. The third-order valence-electron chi connectivity index (χ3n) is 3.69. The summed E-state index contributed by atoms with van der Waals surface area (Å²) in [4.78, 5) is 11.2. The highest BCUT2D eigenvalue weighted by atomic mass is 19.4. The molecule has 0 spiro atoms. The molecule has 1 rings (SSSR count). The number of benzene rings is 1. The van der Waals surface area contributed by atoms with E-state index in [9.17, 15) is 26.7 Å². The standard InChI is InChI=1S/C17H19F5N2O2/c1-5-11(17(20,21)22)24-10-6-9(18)13(16(25)26)15(19)14(10)12(7(2)3)8(4)23/h6,11,23-24H,5H2,1-4H3,(H,25,26). The Morgan fingerprint density at radius 3 is 2.12 bits per heavy atom. The van der Waals surface area contributed by atoms with E-state index in [4.69, 9.17) is 10.5 Å². The summed E-state index contributed by atoms with van der Waals surface area (Å²) in [5.74, 6) is -4.93. The fourth-order valence-corrected chi connectivity index (χ4v) is 2.59. The summed E-state index contributed by atoms with van der Waals surface area (Å²) < 4.78 is 68.0. The van der Waals surface area contributed by atoms with Crippen LogP contribution >= 0.6 is 0 Å². The van der Waals surface area contributed by atoms with Crippen molar-refractivity contribution in [1.82, 2.24) is 0 Å². The average molecular weight is 378 g/mol. The van der Waals surface area contributed by atoms with Crippen molar-refractivity contribution in [2.75, 3.05) is 5.32 Å². The zero-order chi connectivity index (χ0) is 20.4. The van der Waals surface area contributed by atoms with Crippen molar-refractivity contribution in [3.63, 3.8) is 0 Å². The second kappa shape index (κ2) is 7.84. The van der Waals surface area contributed by atoms with Crippen molar-refractivity contribution in [3.05, 3.63) is 34.4 Å². The maximum Gasteiger partial charge on any atom is 0.408 e. The molecule has 1 unspecified atom stereocenters. The van der Waals surface area contributed by atoms with Gasteiger partial charge in [-0.1, -0.05) is 12.5 Å². The van der Waals surface area contributed by atoms with Crippen LogP contribution in [0.3, 0.4) is 0 Å². The highest BCUT2D eigenvalue weighted by Gasteiger charge is 2.39. The molecule has 0 aliphatic rings. The predicted octanol–water partition coefficient (Wildman–Crippen LogP) is 5.25. The van der Waals surface area contributed by atoms with Crippen LogP contribution in [0.2, 0.25) is 0 Å². The van der Waals surface area contributed by atoms with Crippen molar-refractivity contribution < 1.29 is 31.9 Å². The van der Waals surface area contributed by atoms with E-state index in [1.807, 2.05) is 5.32 Å². The van der Waals surface area contributed by atoms with Crippen molar-refractivity contribution in [2.45, 2.75) is 46.3 Å². The summed E-state index contributed by atoms with van der Waals surface area (Å²) in [5, 5.41) is 18.9. The third-order valence-corrected chi connectivity index (χ3v) is 3.69. The second-order valence-electron chi connectivity index (χ2n) is 5.92. The van der Waals surface area contributed by atoms with E-state index in [1.165, 1.54) is 27.7 Å². The maximum atomic E-state index is 14.8. The number of carbonyl (C=O) groups is 1. The molecule has 26 heavy (non-hydrogen) atoms. The molecule has 0 aliphatic heterocycles. The normalized spacial score (nSPS) is 12.5. The van der Waals surface area contributed by atoms with Crippen molar-refractivity contribution in [2.24, 2.45) is 0 Å². The lowest BCUT2D eigenvalue weighted by molar-refractivity contribution is -0.142. The smallest absolute Gasteiger partial charge is 0.408 e. The number of allylic oxidation sites excluding steroid dienone is 2. The summed E-state index contributed by atoms with van der Waals surface area (Å²) in [5.41, 5.74) is -2.34. The first-order chi connectivity index (χ1) is 11.8. The van der Waals surface area contributed by atoms with Gasteiger partial charge in [0.25, 0.3) is 0 Å². The molecule has 0 radical (unpaired) electrons. The molecule has 0 fully saturated rings. The summed E-state index contributed by atoms with van der Waals surface area (Å²) in [7, 11) is 0. The van der Waals surface area contributed by atoms with Gasteiger partial charge in [-0.25, -0.2) is 13.6 Å². The van der Waals surface area contributed by atoms with Gasteiger partial charge in [-0.05, 0) is 33.3 Å². The summed E-state index contributed by atoms with van der Waals surface area (Å²) in [6.45, 7) is 5.49. The van der Waals surface area contributed by atoms with E-state index >= 15 is 0 Å². The molecule has 3 N–H and O–H groups in total. The predicted molar refractivity (Wildman–Crippen MR) is 88.7 cm³/mol. The molecular formula is C17H19F5N2O2. The highest BCUT2D eigenvalue weighted by Crippen LogP contribution is 2.36. The monoisotopic (exact) mass is 378 g/mol. The van der Waals surface area contributed by atoms with E-state index in [2.05, 4.69) is 0 Å². The van der Waals surface area contributed by atoms with Gasteiger partial charge in [0.05, 0.1) is 0 Å². The Hall–Kier alpha value is -2.45. The average Bonchev–Trinajstić information content (AvgIpc) is 2.45. The van der Waals surface area contributed by atoms with Crippen LogP contribution in [0, 0.1) is 17.0 Å². The van der Waals surface area contributed by atoms with E-state index in [1.54, 1.807) is 0 Å². The quantitative estimate of drug-likeness (QED) is 0.468. The second-order valence-corrected chi connectivity index (χ2v) is 5.92. The van der Waals surface area contributed by atoms with Gasteiger partial charge in [0.2, 0.25) is 0 Å². The van der Waals surface area contributed by atoms with Crippen LogP contribution in [0.25, 0.3) is 5.57 Å². The molecule has 9 heteroatoms. The Bertz CT molecular complexity index is 765. The molecule has 0 saturated heterocycles. The first kappa shape index (κ1) is 21.6. The van der Waals surface area contributed by atoms with Crippen LogP contribution in [0.4, 0.5) is 27.6 Å². The molecule has 1 aromatic rings.